The van der Waals surface area contributed by atoms with Crippen molar-refractivity contribution in [2.24, 2.45) is 0 Å². The molecule has 0 fully saturated rings. The van der Waals surface area contributed by atoms with Crippen LogP contribution < -0.4 is 10.6 Å². The molecule has 0 aliphatic rings. The lowest BCUT2D eigenvalue weighted by molar-refractivity contribution is 0.222. The van der Waals surface area contributed by atoms with Gasteiger partial charge < -0.3 is 20.3 Å². The number of halogens is 2. The number of benzene rings is 2. The van der Waals surface area contributed by atoms with Crippen LogP contribution in [0, 0.1) is 0 Å². The third-order valence-electron chi connectivity index (χ3n) is 3.91. The summed E-state index contributed by atoms with van der Waals surface area (Å²) in [6.07, 6.45) is 0.869. The Morgan fingerprint density at radius 2 is 1.68 bits per heavy atom. The Bertz CT molecular complexity index is 914. The lowest BCUT2D eigenvalue weighted by Gasteiger charge is -2.18. The predicted molar refractivity (Wildman–Crippen MR) is 106 cm³/mol. The highest BCUT2D eigenvalue weighted by Gasteiger charge is 2.18. The van der Waals surface area contributed by atoms with Crippen LogP contribution in [0.2, 0.25) is 10.0 Å². The van der Waals surface area contributed by atoms with Crippen LogP contribution in [0.1, 0.15) is 17.3 Å². The van der Waals surface area contributed by atoms with Crippen molar-refractivity contribution in [3.05, 3.63) is 75.9 Å². The first-order valence-electron chi connectivity index (χ1n) is 8.51. The van der Waals surface area contributed by atoms with Crippen molar-refractivity contribution in [1.82, 2.24) is 15.5 Å². The maximum Gasteiger partial charge on any atom is 0.319 e. The van der Waals surface area contributed by atoms with E-state index in [1.165, 1.54) is 0 Å². The molecule has 2 amide bonds. The molecule has 0 aliphatic heterocycles. The third-order valence-corrected chi connectivity index (χ3v) is 4.41. The number of carbonyl (C=O) groups excluding carboxylic acids is 1. The third kappa shape index (κ3) is 5.95. The standard InChI is InChI=1S/C19H18Cl2N4O3/c20-13-3-1-12(2-4-13)9-16(10-17-24-18(11-26)28-25-17)23-19(27)22-15-7-5-14(21)6-8-15/h1-8,16,26H,9-11H2,(H2,22,23,27)/t16-/m0/s1. The molecule has 7 nitrogen and oxygen atoms in total. The molecule has 3 aromatic rings. The van der Waals surface area contributed by atoms with Crippen molar-refractivity contribution in [3.8, 4) is 0 Å². The van der Waals surface area contributed by atoms with Gasteiger partial charge in [0.1, 0.15) is 6.61 Å². The first-order chi connectivity index (χ1) is 13.5. The van der Waals surface area contributed by atoms with E-state index in [2.05, 4.69) is 20.8 Å². The van der Waals surface area contributed by atoms with Crippen LogP contribution >= 0.6 is 23.2 Å². The first-order valence-corrected chi connectivity index (χ1v) is 9.27. The van der Waals surface area contributed by atoms with Gasteiger partial charge in [0.2, 0.25) is 0 Å². The van der Waals surface area contributed by atoms with Gasteiger partial charge in [0.25, 0.3) is 5.89 Å². The van der Waals surface area contributed by atoms with Crippen LogP contribution in [0.15, 0.2) is 53.1 Å². The minimum absolute atomic E-state index is 0.130. The number of nitrogens with zero attached hydrogens (tertiary/aromatic N) is 2. The zero-order chi connectivity index (χ0) is 19.9. The average Bonchev–Trinajstić information content (AvgIpc) is 3.13. The number of aromatic nitrogens is 2. The van der Waals surface area contributed by atoms with E-state index in [9.17, 15) is 4.79 Å². The normalized spacial score (nSPS) is 11.8. The Kier molecular flexibility index (Phi) is 6.86. The van der Waals surface area contributed by atoms with Gasteiger partial charge in [-0.25, -0.2) is 4.79 Å². The zero-order valence-corrected chi connectivity index (χ0v) is 16.2. The molecule has 3 rings (SSSR count). The van der Waals surface area contributed by atoms with Crippen molar-refractivity contribution < 1.29 is 14.4 Å². The van der Waals surface area contributed by atoms with Gasteiger partial charge in [-0.3, -0.25) is 0 Å². The lowest BCUT2D eigenvalue weighted by atomic mass is 10.0. The van der Waals surface area contributed by atoms with Crippen molar-refractivity contribution in [1.29, 1.82) is 0 Å². The summed E-state index contributed by atoms with van der Waals surface area (Å²) >= 11 is 11.8. The van der Waals surface area contributed by atoms with Crippen molar-refractivity contribution in [3.63, 3.8) is 0 Å². The van der Waals surface area contributed by atoms with Crippen molar-refractivity contribution in [2.45, 2.75) is 25.5 Å². The number of anilines is 1. The highest BCUT2D eigenvalue weighted by atomic mass is 35.5. The summed E-state index contributed by atoms with van der Waals surface area (Å²) in [6, 6.07) is 13.5. The van der Waals surface area contributed by atoms with Gasteiger partial charge in [-0.1, -0.05) is 40.5 Å². The van der Waals surface area contributed by atoms with E-state index in [4.69, 9.17) is 32.8 Å². The fraction of sp³-hybridized carbons (Fsp3) is 0.211. The minimum atomic E-state index is -0.368. The summed E-state index contributed by atoms with van der Waals surface area (Å²) in [5, 5.41) is 19.8. The van der Waals surface area contributed by atoms with E-state index < -0.39 is 0 Å². The fourth-order valence-electron chi connectivity index (χ4n) is 2.62. The molecular formula is C19H18Cl2N4O3. The molecule has 28 heavy (non-hydrogen) atoms. The summed E-state index contributed by atoms with van der Waals surface area (Å²) in [7, 11) is 0. The van der Waals surface area contributed by atoms with Gasteiger partial charge in [0.15, 0.2) is 5.82 Å². The maximum absolute atomic E-state index is 12.4. The van der Waals surface area contributed by atoms with Gasteiger partial charge in [0.05, 0.1) is 0 Å². The summed E-state index contributed by atoms with van der Waals surface area (Å²) < 4.78 is 4.92. The Balaban J connectivity index is 1.69. The lowest BCUT2D eigenvalue weighted by Crippen LogP contribution is -2.41. The summed E-state index contributed by atoms with van der Waals surface area (Å²) in [5.74, 6) is 0.528. The van der Waals surface area contributed by atoms with Crippen LogP contribution in [-0.2, 0) is 19.4 Å². The van der Waals surface area contributed by atoms with E-state index in [0.29, 0.717) is 34.4 Å². The molecule has 1 aromatic heterocycles. The van der Waals surface area contributed by atoms with E-state index in [1.54, 1.807) is 36.4 Å². The summed E-state index contributed by atoms with van der Waals surface area (Å²) in [5.41, 5.74) is 1.61. The van der Waals surface area contributed by atoms with Gasteiger partial charge in [-0.15, -0.1) is 0 Å². The first kappa shape index (κ1) is 20.1. The Hall–Kier alpha value is -2.61. The minimum Gasteiger partial charge on any atom is -0.387 e. The zero-order valence-electron chi connectivity index (χ0n) is 14.7. The van der Waals surface area contributed by atoms with E-state index in [-0.39, 0.29) is 24.6 Å². The van der Waals surface area contributed by atoms with Crippen LogP contribution in [0.25, 0.3) is 0 Å². The second kappa shape index (κ2) is 9.54. The number of nitrogens with one attached hydrogen (secondary N) is 2. The molecule has 0 radical (unpaired) electrons. The number of urea groups is 1. The SMILES string of the molecule is O=C(Nc1ccc(Cl)cc1)N[C@@H](Cc1ccc(Cl)cc1)Cc1noc(CO)n1. The van der Waals surface area contributed by atoms with Gasteiger partial charge in [-0.05, 0) is 48.4 Å². The van der Waals surface area contributed by atoms with Crippen LogP contribution in [0.4, 0.5) is 10.5 Å². The largest absolute Gasteiger partial charge is 0.387 e. The number of rotatable bonds is 7. The number of carbonyl (C=O) groups is 1. The number of aliphatic hydroxyl groups excluding tert-OH is 1. The summed E-state index contributed by atoms with van der Waals surface area (Å²) in [4.78, 5) is 16.5. The molecule has 1 heterocycles. The van der Waals surface area contributed by atoms with E-state index >= 15 is 0 Å². The Morgan fingerprint density at radius 1 is 1.04 bits per heavy atom. The monoisotopic (exact) mass is 420 g/mol. The Labute approximate surface area is 171 Å². The summed E-state index contributed by atoms with van der Waals surface area (Å²) in [6.45, 7) is -0.334. The molecule has 0 bridgehead atoms. The maximum atomic E-state index is 12.4. The molecule has 0 saturated carbocycles. The molecule has 9 heteroatoms. The van der Waals surface area contributed by atoms with Crippen LogP contribution in [-0.4, -0.2) is 27.3 Å². The number of amides is 2. The Morgan fingerprint density at radius 3 is 2.29 bits per heavy atom. The van der Waals surface area contributed by atoms with Gasteiger partial charge >= 0.3 is 6.03 Å². The molecular weight excluding hydrogens is 403 g/mol. The van der Waals surface area contributed by atoms with Crippen molar-refractivity contribution in [2.75, 3.05) is 5.32 Å². The predicted octanol–water partition coefficient (Wildman–Crippen LogP) is 3.84. The highest BCUT2D eigenvalue weighted by molar-refractivity contribution is 6.30. The highest BCUT2D eigenvalue weighted by Crippen LogP contribution is 2.15. The molecule has 3 N–H and O–H groups in total. The van der Waals surface area contributed by atoms with E-state index in [0.717, 1.165) is 5.56 Å². The number of aliphatic hydroxyl groups is 1. The molecule has 2 aromatic carbocycles. The molecule has 0 unspecified atom stereocenters. The molecule has 0 spiro atoms. The molecule has 0 saturated heterocycles. The van der Waals surface area contributed by atoms with E-state index in [1.807, 2.05) is 12.1 Å². The molecule has 146 valence electrons. The quantitative estimate of drug-likeness (QED) is 0.538. The second-order valence-corrected chi connectivity index (χ2v) is 6.97. The van der Waals surface area contributed by atoms with Gasteiger partial charge in [-0.2, -0.15) is 4.98 Å². The molecule has 0 aliphatic carbocycles. The molecule has 1 atom stereocenters. The number of hydrogen-bond donors (Lipinski definition) is 3. The smallest absolute Gasteiger partial charge is 0.319 e. The average molecular weight is 421 g/mol. The fourth-order valence-corrected chi connectivity index (χ4v) is 2.87. The van der Waals surface area contributed by atoms with Crippen molar-refractivity contribution >= 4 is 34.9 Å². The van der Waals surface area contributed by atoms with Gasteiger partial charge in [0, 0.05) is 28.2 Å². The topological polar surface area (TPSA) is 100 Å². The second-order valence-electron chi connectivity index (χ2n) is 6.10. The van der Waals surface area contributed by atoms with Crippen LogP contribution in [0.3, 0.4) is 0 Å². The number of hydrogen-bond acceptors (Lipinski definition) is 5. The van der Waals surface area contributed by atoms with Crippen LogP contribution in [0.5, 0.6) is 0 Å².